The molecule has 0 spiro atoms. The molecule has 3 fully saturated rings. The van der Waals surface area contributed by atoms with Gasteiger partial charge in [0.15, 0.2) is 0 Å². The van der Waals surface area contributed by atoms with E-state index in [1.165, 1.54) is 22.9 Å². The summed E-state index contributed by atoms with van der Waals surface area (Å²) >= 11 is 0. The quantitative estimate of drug-likeness (QED) is 0.190. The van der Waals surface area contributed by atoms with Crippen LogP contribution >= 0.6 is 0 Å². The summed E-state index contributed by atoms with van der Waals surface area (Å²) in [5, 5.41) is 15.5. The van der Waals surface area contributed by atoms with Gasteiger partial charge < -0.3 is 25.0 Å². The molecular weight excluding hydrogens is 657 g/mol. The fourth-order valence-corrected chi connectivity index (χ4v) is 8.49. The highest BCUT2D eigenvalue weighted by Gasteiger charge is 2.34. The lowest BCUT2D eigenvalue weighted by molar-refractivity contribution is -0.133. The van der Waals surface area contributed by atoms with Crippen molar-refractivity contribution in [2.45, 2.75) is 43.6 Å². The summed E-state index contributed by atoms with van der Waals surface area (Å²) < 4.78 is 21.4. The Labute approximate surface area is 304 Å². The van der Waals surface area contributed by atoms with E-state index in [1.807, 2.05) is 18.2 Å². The Kier molecular flexibility index (Phi) is 9.73. The van der Waals surface area contributed by atoms with Crippen LogP contribution in [-0.2, 0) is 9.59 Å². The van der Waals surface area contributed by atoms with Gasteiger partial charge in [0.1, 0.15) is 23.4 Å². The number of phenols is 1. The van der Waals surface area contributed by atoms with Crippen molar-refractivity contribution < 1.29 is 23.8 Å². The van der Waals surface area contributed by atoms with Crippen LogP contribution in [0.1, 0.15) is 54.2 Å². The van der Waals surface area contributed by atoms with E-state index in [1.54, 1.807) is 18.2 Å². The number of anilines is 3. The van der Waals surface area contributed by atoms with Gasteiger partial charge in [0.05, 0.1) is 12.3 Å². The Morgan fingerprint density at radius 3 is 2.31 bits per heavy atom. The molecule has 4 aliphatic heterocycles. The number of nitrogens with one attached hydrogen (secondary N) is 2. The van der Waals surface area contributed by atoms with E-state index in [9.17, 15) is 14.7 Å². The molecule has 0 aliphatic carbocycles. The number of hydrogen-bond donors (Lipinski definition) is 3. The minimum absolute atomic E-state index is 0.129. The van der Waals surface area contributed by atoms with Gasteiger partial charge in [-0.1, -0.05) is 48.5 Å². The zero-order valence-corrected chi connectivity index (χ0v) is 29.3. The molecule has 270 valence electrons. The fourth-order valence-electron chi connectivity index (χ4n) is 8.49. The van der Waals surface area contributed by atoms with Crippen LogP contribution in [0.15, 0.2) is 91.0 Å². The van der Waals surface area contributed by atoms with Crippen molar-refractivity contribution in [2.75, 3.05) is 67.5 Å². The average Bonchev–Trinajstić information content (AvgIpc) is 3.17. The molecule has 8 rings (SSSR count). The standard InChI is InChI=1S/C42H46FN5O4/c43-36-24-31(44-37-13-15-40(50)45-42(37)51)8-14-38(36)48-22-20-46(21-23-48)26-28-16-18-47(19-17-28)32-9-6-30(7-10-32)41-34-12-11-33(49)25-39(34)52-27-35(41)29-4-2-1-3-5-29/h1-12,14,24-25,28,35,37,41,44,49H,13,15-23,26-27H2,(H,45,50,51)/t35-,37?,41-/m1/s1. The number of carbonyl (C=O) groups excluding carboxylic acids is 2. The molecule has 3 N–H and O–H groups in total. The molecule has 52 heavy (non-hydrogen) atoms. The van der Waals surface area contributed by atoms with Crippen LogP contribution in [0.5, 0.6) is 11.5 Å². The van der Waals surface area contributed by atoms with E-state index < -0.39 is 6.04 Å². The third-order valence-electron chi connectivity index (χ3n) is 11.4. The van der Waals surface area contributed by atoms with Gasteiger partial charge in [0.2, 0.25) is 11.8 Å². The number of phenolic OH excluding ortho intramolecular Hbond substituents is 1. The van der Waals surface area contributed by atoms with Crippen molar-refractivity contribution >= 4 is 28.9 Å². The highest BCUT2D eigenvalue weighted by atomic mass is 19.1. The van der Waals surface area contributed by atoms with Crippen LogP contribution in [0.25, 0.3) is 0 Å². The van der Waals surface area contributed by atoms with Crippen molar-refractivity contribution in [2.24, 2.45) is 5.92 Å². The molecule has 0 saturated carbocycles. The summed E-state index contributed by atoms with van der Waals surface area (Å²) in [6, 6.07) is 29.6. The zero-order valence-electron chi connectivity index (χ0n) is 29.3. The maximum Gasteiger partial charge on any atom is 0.249 e. The number of benzene rings is 4. The van der Waals surface area contributed by atoms with Crippen LogP contribution in [0.2, 0.25) is 0 Å². The molecule has 4 aromatic rings. The van der Waals surface area contributed by atoms with Crippen LogP contribution in [0, 0.1) is 11.7 Å². The first-order valence-electron chi connectivity index (χ1n) is 18.6. The smallest absolute Gasteiger partial charge is 0.249 e. The van der Waals surface area contributed by atoms with Crippen molar-refractivity contribution in [1.82, 2.24) is 10.2 Å². The van der Waals surface area contributed by atoms with Gasteiger partial charge in [-0.15, -0.1) is 0 Å². The number of ether oxygens (including phenoxy) is 1. The number of nitrogens with zero attached hydrogens (tertiary/aromatic N) is 3. The second kappa shape index (κ2) is 14.9. The van der Waals surface area contributed by atoms with E-state index in [4.69, 9.17) is 4.74 Å². The summed E-state index contributed by atoms with van der Waals surface area (Å²) in [5.74, 6) is 0.980. The highest BCUT2D eigenvalue weighted by molar-refractivity contribution is 6.01. The number of halogens is 1. The van der Waals surface area contributed by atoms with Gasteiger partial charge in [0, 0.05) is 87.1 Å². The number of rotatable bonds is 8. The van der Waals surface area contributed by atoms with Crippen molar-refractivity contribution in [3.8, 4) is 11.5 Å². The van der Waals surface area contributed by atoms with E-state index in [0.29, 0.717) is 30.3 Å². The first-order valence-corrected chi connectivity index (χ1v) is 18.6. The van der Waals surface area contributed by atoms with Gasteiger partial charge in [0.25, 0.3) is 0 Å². The third kappa shape index (κ3) is 7.30. The largest absolute Gasteiger partial charge is 0.508 e. The number of hydrogen-bond acceptors (Lipinski definition) is 8. The summed E-state index contributed by atoms with van der Waals surface area (Å²) in [6.45, 7) is 7.02. The van der Waals surface area contributed by atoms with Gasteiger partial charge in [-0.05, 0) is 72.7 Å². The minimum atomic E-state index is -0.536. The normalized spacial score (nSPS) is 22.8. The topological polar surface area (TPSA) is 97.4 Å². The third-order valence-corrected chi connectivity index (χ3v) is 11.4. The number of imide groups is 1. The Balaban J connectivity index is 0.835. The lowest BCUT2D eigenvalue weighted by Gasteiger charge is -2.40. The molecular formula is C42H46FN5O4. The molecule has 0 aromatic heterocycles. The first-order chi connectivity index (χ1) is 25.4. The lowest BCUT2D eigenvalue weighted by atomic mass is 9.76. The maximum atomic E-state index is 15.2. The molecule has 0 radical (unpaired) electrons. The van der Waals surface area contributed by atoms with E-state index in [0.717, 1.165) is 70.0 Å². The molecule has 10 heteroatoms. The van der Waals surface area contributed by atoms with Gasteiger partial charge in [-0.25, -0.2) is 4.39 Å². The fraction of sp³-hybridized carbons (Fsp3) is 0.381. The van der Waals surface area contributed by atoms with E-state index in [2.05, 4.69) is 73.9 Å². The molecule has 0 bridgehead atoms. The predicted octanol–water partition coefficient (Wildman–Crippen LogP) is 6.10. The van der Waals surface area contributed by atoms with Crippen LogP contribution in [-0.4, -0.2) is 80.3 Å². The number of piperazine rings is 1. The number of fused-ring (bicyclic) bond motifs is 1. The first kappa shape index (κ1) is 34.0. The average molecular weight is 704 g/mol. The molecule has 3 saturated heterocycles. The van der Waals surface area contributed by atoms with E-state index in [-0.39, 0.29) is 41.6 Å². The molecule has 4 aromatic carbocycles. The minimum Gasteiger partial charge on any atom is -0.508 e. The molecule has 1 unspecified atom stereocenters. The van der Waals surface area contributed by atoms with Gasteiger partial charge in [-0.2, -0.15) is 0 Å². The highest BCUT2D eigenvalue weighted by Crippen LogP contribution is 2.47. The number of amides is 2. The Bertz CT molecular complexity index is 1890. The van der Waals surface area contributed by atoms with Crippen LogP contribution in [0.3, 0.4) is 0 Å². The van der Waals surface area contributed by atoms with E-state index >= 15 is 4.39 Å². The maximum absolute atomic E-state index is 15.2. The molecule has 4 heterocycles. The van der Waals surface area contributed by atoms with Gasteiger partial charge >= 0.3 is 0 Å². The predicted molar refractivity (Wildman–Crippen MR) is 201 cm³/mol. The van der Waals surface area contributed by atoms with Crippen molar-refractivity contribution in [1.29, 1.82) is 0 Å². The zero-order chi connectivity index (χ0) is 35.6. The summed E-state index contributed by atoms with van der Waals surface area (Å²) in [7, 11) is 0. The van der Waals surface area contributed by atoms with Crippen molar-refractivity contribution in [3.63, 3.8) is 0 Å². The SMILES string of the molecule is O=C1CCC(Nc2ccc(N3CCN(CC4CCN(c5ccc([C@@H]6c7ccc(O)cc7OC[C@@H]6c6ccccc6)cc5)CC4)CC3)c(F)c2)C(=O)N1. The molecule has 4 aliphatic rings. The van der Waals surface area contributed by atoms with Gasteiger partial charge in [-0.3, -0.25) is 19.8 Å². The second-order valence-corrected chi connectivity index (χ2v) is 14.7. The Morgan fingerprint density at radius 2 is 1.58 bits per heavy atom. The van der Waals surface area contributed by atoms with Crippen LogP contribution in [0.4, 0.5) is 21.5 Å². The second-order valence-electron chi connectivity index (χ2n) is 14.7. The summed E-state index contributed by atoms with van der Waals surface area (Å²) in [6.07, 6.45) is 2.97. The number of piperidine rings is 2. The lowest BCUT2D eigenvalue weighted by Crippen LogP contribution is -2.49. The summed E-state index contributed by atoms with van der Waals surface area (Å²) in [4.78, 5) is 30.7. The number of carbonyl (C=O) groups is 2. The summed E-state index contributed by atoms with van der Waals surface area (Å²) in [5.41, 5.74) is 5.99. The van der Waals surface area contributed by atoms with Crippen LogP contribution < -0.4 is 25.2 Å². The monoisotopic (exact) mass is 703 g/mol. The molecule has 2 amide bonds. The number of aromatic hydroxyl groups is 1. The van der Waals surface area contributed by atoms with Crippen molar-refractivity contribution in [3.05, 3.63) is 114 Å². The Hall–Kier alpha value is -5.09. The molecule has 3 atom stereocenters. The Morgan fingerprint density at radius 1 is 0.808 bits per heavy atom. The molecule has 9 nitrogen and oxygen atoms in total.